The van der Waals surface area contributed by atoms with Crippen LogP contribution in [0.15, 0.2) is 84.9 Å². The number of H-pyrrole nitrogens is 1. The molecule has 1 aliphatic rings. The number of para-hydroxylation sites is 1. The van der Waals surface area contributed by atoms with E-state index in [9.17, 15) is 5.11 Å². The standard InChI is InChI=1S/C30H34N4O2.3ClH/c1-22-28(32-30(31-22)25-15-9-10-16-27(25)36-2)26(35)21-33-17-19-34(20-18-33)29(23-11-5-3-6-12-23)24-13-7-4-8-14-24;;;/h3-16,26,29,35H,17-21H2,1-2H3,(H,31,32);3*1H. The van der Waals surface area contributed by atoms with E-state index >= 15 is 0 Å². The molecule has 1 aliphatic heterocycles. The smallest absolute Gasteiger partial charge is 0.141 e. The van der Waals surface area contributed by atoms with Gasteiger partial charge in [0.1, 0.15) is 17.7 Å². The predicted molar refractivity (Wildman–Crippen MR) is 165 cm³/mol. The van der Waals surface area contributed by atoms with Crippen molar-refractivity contribution in [1.82, 2.24) is 19.8 Å². The molecule has 210 valence electrons. The number of β-amino-alcohol motifs (C(OH)–C–C–N with tert-alkyl or cyclic N) is 1. The lowest BCUT2D eigenvalue weighted by Crippen LogP contribution is -2.48. The number of hydrogen-bond donors (Lipinski definition) is 2. The summed E-state index contributed by atoms with van der Waals surface area (Å²) in [4.78, 5) is 13.0. The third kappa shape index (κ3) is 7.54. The Bertz CT molecular complexity index is 1230. The molecule has 0 aliphatic carbocycles. The molecule has 0 radical (unpaired) electrons. The number of rotatable bonds is 8. The van der Waals surface area contributed by atoms with E-state index in [1.165, 1.54) is 11.1 Å². The Kier molecular flexibility index (Phi) is 12.8. The van der Waals surface area contributed by atoms with Crippen LogP contribution in [0, 0.1) is 6.92 Å². The van der Waals surface area contributed by atoms with Gasteiger partial charge in [0.15, 0.2) is 0 Å². The first-order valence-electron chi connectivity index (χ1n) is 12.6. The highest BCUT2D eigenvalue weighted by Gasteiger charge is 2.28. The molecule has 0 spiro atoms. The van der Waals surface area contributed by atoms with Gasteiger partial charge >= 0.3 is 0 Å². The number of piperazine rings is 1. The number of aliphatic hydroxyl groups excluding tert-OH is 1. The van der Waals surface area contributed by atoms with Crippen LogP contribution in [0.25, 0.3) is 11.4 Å². The maximum Gasteiger partial charge on any atom is 0.141 e. The summed E-state index contributed by atoms with van der Waals surface area (Å²) >= 11 is 0. The number of aromatic nitrogens is 2. The number of aromatic amines is 1. The fourth-order valence-corrected chi connectivity index (χ4v) is 5.19. The summed E-state index contributed by atoms with van der Waals surface area (Å²) in [6.07, 6.45) is -0.657. The van der Waals surface area contributed by atoms with Gasteiger partial charge in [-0.25, -0.2) is 4.98 Å². The van der Waals surface area contributed by atoms with Crippen molar-refractivity contribution in [3.05, 3.63) is 107 Å². The third-order valence-electron chi connectivity index (χ3n) is 7.03. The first-order valence-corrected chi connectivity index (χ1v) is 12.6. The number of aliphatic hydroxyl groups is 1. The van der Waals surface area contributed by atoms with E-state index in [1.54, 1.807) is 7.11 Å². The molecular weight excluding hydrogens is 555 g/mol. The molecule has 1 aromatic heterocycles. The van der Waals surface area contributed by atoms with E-state index in [-0.39, 0.29) is 43.3 Å². The van der Waals surface area contributed by atoms with Crippen LogP contribution in [0.4, 0.5) is 0 Å². The predicted octanol–water partition coefficient (Wildman–Crippen LogP) is 6.10. The number of methoxy groups -OCH3 is 1. The molecule has 0 amide bonds. The van der Waals surface area contributed by atoms with E-state index in [1.807, 2.05) is 31.2 Å². The molecule has 1 saturated heterocycles. The second-order valence-electron chi connectivity index (χ2n) is 9.37. The maximum atomic E-state index is 11.1. The number of nitrogens with zero attached hydrogens (tertiary/aromatic N) is 3. The number of aryl methyl sites for hydroxylation is 1. The number of imidazole rings is 1. The highest BCUT2D eigenvalue weighted by molar-refractivity contribution is 5.86. The van der Waals surface area contributed by atoms with Crippen molar-refractivity contribution < 1.29 is 9.84 Å². The van der Waals surface area contributed by atoms with Crippen LogP contribution in [0.3, 0.4) is 0 Å². The third-order valence-corrected chi connectivity index (χ3v) is 7.03. The van der Waals surface area contributed by atoms with Crippen molar-refractivity contribution in [2.45, 2.75) is 19.1 Å². The Morgan fingerprint density at radius 3 is 1.92 bits per heavy atom. The minimum atomic E-state index is -0.657. The Morgan fingerprint density at radius 1 is 0.821 bits per heavy atom. The molecule has 1 unspecified atom stereocenters. The van der Waals surface area contributed by atoms with E-state index < -0.39 is 6.10 Å². The topological polar surface area (TPSA) is 64.6 Å². The van der Waals surface area contributed by atoms with Gasteiger partial charge in [0.2, 0.25) is 0 Å². The van der Waals surface area contributed by atoms with Gasteiger partial charge in [-0.05, 0) is 30.2 Å². The average Bonchev–Trinajstić information content (AvgIpc) is 3.32. The first kappa shape index (κ1) is 32.6. The number of hydrogen-bond acceptors (Lipinski definition) is 5. The molecule has 3 aromatic carbocycles. The minimum Gasteiger partial charge on any atom is -0.496 e. The highest BCUT2D eigenvalue weighted by atomic mass is 35.5. The van der Waals surface area contributed by atoms with Crippen molar-refractivity contribution in [2.75, 3.05) is 39.8 Å². The van der Waals surface area contributed by atoms with Gasteiger partial charge in [-0.1, -0.05) is 72.8 Å². The highest BCUT2D eigenvalue weighted by Crippen LogP contribution is 2.31. The molecule has 1 fully saturated rings. The normalized spacial score (nSPS) is 14.6. The molecule has 0 saturated carbocycles. The fraction of sp³-hybridized carbons (Fsp3) is 0.300. The summed E-state index contributed by atoms with van der Waals surface area (Å²) in [5, 5.41) is 11.1. The first-order chi connectivity index (χ1) is 17.6. The zero-order valence-electron chi connectivity index (χ0n) is 22.2. The Balaban J connectivity index is 0.00000178. The summed E-state index contributed by atoms with van der Waals surface area (Å²) < 4.78 is 5.49. The number of halogens is 3. The lowest BCUT2D eigenvalue weighted by atomic mass is 9.96. The van der Waals surface area contributed by atoms with Gasteiger partial charge in [-0.15, -0.1) is 37.2 Å². The van der Waals surface area contributed by atoms with Crippen molar-refractivity contribution in [2.24, 2.45) is 0 Å². The van der Waals surface area contributed by atoms with Crippen molar-refractivity contribution in [3.8, 4) is 17.1 Å². The van der Waals surface area contributed by atoms with Gasteiger partial charge in [-0.2, -0.15) is 0 Å². The van der Waals surface area contributed by atoms with Crippen LogP contribution >= 0.6 is 37.2 Å². The van der Waals surface area contributed by atoms with Crippen LogP contribution in [0.2, 0.25) is 0 Å². The van der Waals surface area contributed by atoms with Crippen LogP contribution in [0.1, 0.15) is 34.7 Å². The van der Waals surface area contributed by atoms with E-state index in [0.717, 1.165) is 49.0 Å². The lowest BCUT2D eigenvalue weighted by molar-refractivity contribution is 0.0606. The molecule has 4 aromatic rings. The summed E-state index contributed by atoms with van der Waals surface area (Å²) in [7, 11) is 1.66. The second-order valence-corrected chi connectivity index (χ2v) is 9.37. The molecule has 2 heterocycles. The van der Waals surface area contributed by atoms with Gasteiger partial charge in [0.25, 0.3) is 0 Å². The van der Waals surface area contributed by atoms with Crippen LogP contribution in [-0.4, -0.2) is 64.7 Å². The quantitative estimate of drug-likeness (QED) is 0.259. The maximum absolute atomic E-state index is 11.1. The van der Waals surface area contributed by atoms with Crippen LogP contribution < -0.4 is 4.74 Å². The molecule has 5 rings (SSSR count). The summed E-state index contributed by atoms with van der Waals surface area (Å²) in [5.74, 6) is 1.48. The molecule has 39 heavy (non-hydrogen) atoms. The monoisotopic (exact) mass is 590 g/mol. The Morgan fingerprint density at radius 2 is 1.36 bits per heavy atom. The summed E-state index contributed by atoms with van der Waals surface area (Å²) in [6, 6.07) is 29.5. The van der Waals surface area contributed by atoms with Crippen LogP contribution in [-0.2, 0) is 0 Å². The molecule has 1 atom stereocenters. The van der Waals surface area contributed by atoms with Gasteiger partial charge in [0.05, 0.1) is 24.4 Å². The zero-order chi connectivity index (χ0) is 24.9. The number of benzene rings is 3. The van der Waals surface area contributed by atoms with E-state index in [2.05, 4.69) is 75.4 Å². The van der Waals surface area contributed by atoms with Crippen LogP contribution in [0.5, 0.6) is 5.75 Å². The van der Waals surface area contributed by atoms with E-state index in [4.69, 9.17) is 9.72 Å². The Hall–Kier alpha value is -2.58. The number of ether oxygens (including phenoxy) is 1. The van der Waals surface area contributed by atoms with E-state index in [0.29, 0.717) is 12.2 Å². The average molecular weight is 592 g/mol. The molecule has 0 bridgehead atoms. The SMILES string of the molecule is COc1ccccc1-c1nc(C(O)CN2CCN(C(c3ccccc3)c3ccccc3)CC2)c(C)[nH]1.Cl.Cl.Cl. The number of nitrogens with one attached hydrogen (secondary N) is 1. The second kappa shape index (κ2) is 15.3. The molecule has 2 N–H and O–H groups in total. The van der Waals surface area contributed by atoms with Crippen molar-refractivity contribution in [1.29, 1.82) is 0 Å². The summed E-state index contributed by atoms with van der Waals surface area (Å²) in [6.45, 7) is 6.20. The minimum absolute atomic E-state index is 0. The van der Waals surface area contributed by atoms with Gasteiger partial charge in [-0.3, -0.25) is 9.80 Å². The lowest BCUT2D eigenvalue weighted by Gasteiger charge is -2.40. The van der Waals surface area contributed by atoms with Crippen molar-refractivity contribution in [3.63, 3.8) is 0 Å². The molecule has 6 nitrogen and oxygen atoms in total. The molecular formula is C30H37Cl3N4O2. The molecule has 9 heteroatoms. The Labute approximate surface area is 249 Å². The zero-order valence-corrected chi connectivity index (χ0v) is 24.6. The van der Waals surface area contributed by atoms with Crippen molar-refractivity contribution >= 4 is 37.2 Å². The summed E-state index contributed by atoms with van der Waals surface area (Å²) in [5.41, 5.74) is 5.10. The van der Waals surface area contributed by atoms with Gasteiger partial charge < -0.3 is 14.8 Å². The van der Waals surface area contributed by atoms with Gasteiger partial charge in [0, 0.05) is 38.4 Å². The largest absolute Gasteiger partial charge is 0.496 e. The fourth-order valence-electron chi connectivity index (χ4n) is 5.19.